The van der Waals surface area contributed by atoms with Crippen molar-refractivity contribution in [3.8, 4) is 0 Å². The van der Waals surface area contributed by atoms with Crippen LogP contribution >= 0.6 is 0 Å². The van der Waals surface area contributed by atoms with Crippen LogP contribution in [0, 0.1) is 5.92 Å². The van der Waals surface area contributed by atoms with E-state index in [1.54, 1.807) is 0 Å². The third-order valence-electron chi connectivity index (χ3n) is 2.84. The van der Waals surface area contributed by atoms with Gasteiger partial charge in [0.05, 0.1) is 0 Å². The van der Waals surface area contributed by atoms with Gasteiger partial charge in [0.25, 0.3) is 0 Å². The normalized spacial score (nSPS) is 14.8. The summed E-state index contributed by atoms with van der Waals surface area (Å²) < 4.78 is 0. The highest BCUT2D eigenvalue weighted by Gasteiger charge is 2.15. The quantitative estimate of drug-likeness (QED) is 0.743. The van der Waals surface area contributed by atoms with Crippen molar-refractivity contribution in [3.05, 3.63) is 48.6 Å². The second-order valence-electron chi connectivity index (χ2n) is 4.42. The molecular formula is C14H22N2. The smallest absolute Gasteiger partial charge is 0.0333 e. The molecule has 0 saturated carbocycles. The van der Waals surface area contributed by atoms with Crippen LogP contribution in [0.4, 0.5) is 0 Å². The molecule has 0 bridgehead atoms. The number of rotatable bonds is 6. The van der Waals surface area contributed by atoms with Crippen molar-refractivity contribution < 1.29 is 0 Å². The van der Waals surface area contributed by atoms with Crippen molar-refractivity contribution in [2.45, 2.75) is 13.0 Å². The standard InChI is InChI=1S/C14H22N2/c1-4-10-16(3)11-12(2)14(15)13-8-6-5-7-9-13/h4-9,12,14H,1,10-11,15H2,2-3H3. The van der Waals surface area contributed by atoms with Crippen molar-refractivity contribution in [1.29, 1.82) is 0 Å². The summed E-state index contributed by atoms with van der Waals surface area (Å²) in [5.74, 6) is 0.437. The highest BCUT2D eigenvalue weighted by atomic mass is 15.1. The fourth-order valence-electron chi connectivity index (χ4n) is 1.90. The Balaban J connectivity index is 2.54. The predicted molar refractivity (Wildman–Crippen MR) is 70.2 cm³/mol. The lowest BCUT2D eigenvalue weighted by molar-refractivity contribution is 0.286. The molecule has 2 atom stereocenters. The molecule has 2 heteroatoms. The fraction of sp³-hybridized carbons (Fsp3) is 0.429. The third kappa shape index (κ3) is 3.80. The topological polar surface area (TPSA) is 29.3 Å². The van der Waals surface area contributed by atoms with Crippen LogP contribution in [0.1, 0.15) is 18.5 Å². The highest BCUT2D eigenvalue weighted by molar-refractivity contribution is 5.19. The summed E-state index contributed by atoms with van der Waals surface area (Å²) >= 11 is 0. The maximum Gasteiger partial charge on any atom is 0.0333 e. The monoisotopic (exact) mass is 218 g/mol. The molecule has 0 saturated heterocycles. The van der Waals surface area contributed by atoms with Crippen LogP contribution in [0.2, 0.25) is 0 Å². The van der Waals surface area contributed by atoms with Gasteiger partial charge in [0.1, 0.15) is 0 Å². The summed E-state index contributed by atoms with van der Waals surface area (Å²) in [6, 6.07) is 10.4. The maximum atomic E-state index is 6.23. The minimum atomic E-state index is 0.105. The average Bonchev–Trinajstić information content (AvgIpc) is 2.29. The molecule has 1 aromatic carbocycles. The Morgan fingerprint density at radius 2 is 2.00 bits per heavy atom. The molecule has 16 heavy (non-hydrogen) atoms. The van der Waals surface area contributed by atoms with Crippen LogP contribution in [0.5, 0.6) is 0 Å². The molecule has 0 fully saturated rings. The van der Waals surface area contributed by atoms with Gasteiger partial charge in [0, 0.05) is 19.1 Å². The van der Waals surface area contributed by atoms with Crippen molar-refractivity contribution >= 4 is 0 Å². The molecule has 0 radical (unpaired) electrons. The summed E-state index contributed by atoms with van der Waals surface area (Å²) in [5.41, 5.74) is 7.44. The first-order valence-electron chi connectivity index (χ1n) is 5.75. The molecule has 0 aromatic heterocycles. The maximum absolute atomic E-state index is 6.23. The van der Waals surface area contributed by atoms with Gasteiger partial charge in [-0.15, -0.1) is 6.58 Å². The van der Waals surface area contributed by atoms with E-state index in [1.165, 1.54) is 5.56 Å². The third-order valence-corrected chi connectivity index (χ3v) is 2.84. The van der Waals surface area contributed by atoms with Crippen LogP contribution in [-0.4, -0.2) is 25.0 Å². The van der Waals surface area contributed by atoms with Gasteiger partial charge in [0.15, 0.2) is 0 Å². The molecule has 0 spiro atoms. The van der Waals surface area contributed by atoms with E-state index in [9.17, 15) is 0 Å². The summed E-state index contributed by atoms with van der Waals surface area (Å²) in [6.45, 7) is 7.83. The van der Waals surface area contributed by atoms with E-state index in [4.69, 9.17) is 5.73 Å². The molecule has 0 amide bonds. The number of nitrogens with two attached hydrogens (primary N) is 1. The van der Waals surface area contributed by atoms with Crippen LogP contribution in [0.25, 0.3) is 0 Å². The Labute approximate surface area is 98.8 Å². The number of nitrogens with zero attached hydrogens (tertiary/aromatic N) is 1. The van der Waals surface area contributed by atoms with Crippen LogP contribution in [0.3, 0.4) is 0 Å². The number of benzene rings is 1. The number of hydrogen-bond donors (Lipinski definition) is 1. The first kappa shape index (κ1) is 12.9. The van der Waals surface area contributed by atoms with Gasteiger partial charge >= 0.3 is 0 Å². The molecule has 2 N–H and O–H groups in total. The predicted octanol–water partition coefficient (Wildman–Crippen LogP) is 2.44. The van der Waals surface area contributed by atoms with E-state index >= 15 is 0 Å². The molecule has 88 valence electrons. The summed E-state index contributed by atoms with van der Waals surface area (Å²) in [6.07, 6.45) is 1.92. The second kappa shape index (κ2) is 6.46. The summed E-state index contributed by atoms with van der Waals surface area (Å²) in [5, 5.41) is 0. The van der Waals surface area contributed by atoms with Gasteiger partial charge < -0.3 is 10.6 Å². The molecule has 0 aliphatic heterocycles. The molecule has 2 unspecified atom stereocenters. The lowest BCUT2D eigenvalue weighted by Gasteiger charge is -2.25. The number of likely N-dealkylation sites (N-methyl/N-ethyl adjacent to an activating group) is 1. The Kier molecular flexibility index (Phi) is 5.23. The van der Waals surface area contributed by atoms with Gasteiger partial charge in [-0.3, -0.25) is 0 Å². The average molecular weight is 218 g/mol. The fourth-order valence-corrected chi connectivity index (χ4v) is 1.90. The minimum absolute atomic E-state index is 0.105. The Bertz CT molecular complexity index is 308. The zero-order chi connectivity index (χ0) is 12.0. The van der Waals surface area contributed by atoms with Gasteiger partial charge in [-0.05, 0) is 18.5 Å². The molecule has 2 nitrogen and oxygen atoms in total. The van der Waals surface area contributed by atoms with Crippen molar-refractivity contribution in [3.63, 3.8) is 0 Å². The van der Waals surface area contributed by atoms with Gasteiger partial charge in [-0.25, -0.2) is 0 Å². The lowest BCUT2D eigenvalue weighted by Crippen LogP contribution is -2.31. The number of hydrogen-bond acceptors (Lipinski definition) is 2. The molecular weight excluding hydrogens is 196 g/mol. The summed E-state index contributed by atoms with van der Waals surface area (Å²) in [7, 11) is 2.09. The zero-order valence-electron chi connectivity index (χ0n) is 10.3. The van der Waals surface area contributed by atoms with E-state index in [-0.39, 0.29) is 6.04 Å². The lowest BCUT2D eigenvalue weighted by atomic mass is 9.95. The van der Waals surface area contributed by atoms with Crippen LogP contribution in [-0.2, 0) is 0 Å². The molecule has 1 aromatic rings. The van der Waals surface area contributed by atoms with Gasteiger partial charge in [-0.1, -0.05) is 43.3 Å². The molecule has 0 aliphatic carbocycles. The van der Waals surface area contributed by atoms with Crippen molar-refractivity contribution in [2.75, 3.05) is 20.1 Å². The zero-order valence-corrected chi connectivity index (χ0v) is 10.3. The van der Waals surface area contributed by atoms with E-state index in [0.29, 0.717) is 5.92 Å². The molecule has 0 heterocycles. The van der Waals surface area contributed by atoms with Crippen molar-refractivity contribution in [1.82, 2.24) is 4.90 Å². The van der Waals surface area contributed by atoms with E-state index in [1.807, 2.05) is 24.3 Å². The minimum Gasteiger partial charge on any atom is -0.324 e. The first-order chi connectivity index (χ1) is 7.65. The SMILES string of the molecule is C=CCN(C)CC(C)C(N)c1ccccc1. The molecule has 1 rings (SSSR count). The summed E-state index contributed by atoms with van der Waals surface area (Å²) in [4.78, 5) is 2.24. The van der Waals surface area contributed by atoms with Gasteiger partial charge in [0.2, 0.25) is 0 Å². The molecule has 0 aliphatic rings. The second-order valence-corrected chi connectivity index (χ2v) is 4.42. The Morgan fingerprint density at radius 3 is 2.56 bits per heavy atom. The van der Waals surface area contributed by atoms with E-state index in [0.717, 1.165) is 13.1 Å². The highest BCUT2D eigenvalue weighted by Crippen LogP contribution is 2.19. The van der Waals surface area contributed by atoms with E-state index < -0.39 is 0 Å². The van der Waals surface area contributed by atoms with Gasteiger partial charge in [-0.2, -0.15) is 0 Å². The van der Waals surface area contributed by atoms with E-state index in [2.05, 4.69) is 37.6 Å². The van der Waals surface area contributed by atoms with Crippen molar-refractivity contribution in [2.24, 2.45) is 11.7 Å². The Hall–Kier alpha value is -1.12. The first-order valence-corrected chi connectivity index (χ1v) is 5.75. The van der Waals surface area contributed by atoms with Crippen LogP contribution < -0.4 is 5.73 Å². The Morgan fingerprint density at radius 1 is 1.38 bits per heavy atom. The largest absolute Gasteiger partial charge is 0.324 e. The van der Waals surface area contributed by atoms with Crippen LogP contribution in [0.15, 0.2) is 43.0 Å².